The van der Waals surface area contributed by atoms with E-state index < -0.39 is 8.60 Å². The van der Waals surface area contributed by atoms with Crippen LogP contribution in [0.2, 0.25) is 0 Å². The fraction of sp³-hybridized carbons (Fsp3) is 0.727. The van der Waals surface area contributed by atoms with Gasteiger partial charge >= 0.3 is 8.60 Å². The third kappa shape index (κ3) is 6.30. The lowest BCUT2D eigenvalue weighted by molar-refractivity contribution is 0.135. The van der Waals surface area contributed by atoms with Crippen LogP contribution in [0.1, 0.15) is 103 Å². The van der Waals surface area contributed by atoms with Crippen LogP contribution in [0.25, 0.3) is 0 Å². The first-order valence-corrected chi connectivity index (χ1v) is 11.2. The van der Waals surface area contributed by atoms with E-state index in [1.54, 1.807) is 0 Å². The lowest BCUT2D eigenvalue weighted by Crippen LogP contribution is -2.20. The smallest absolute Gasteiger partial charge is 0.328 e. The van der Waals surface area contributed by atoms with Gasteiger partial charge in [-0.2, -0.15) is 0 Å². The minimum Gasteiger partial charge on any atom is -0.328 e. The van der Waals surface area contributed by atoms with Crippen LogP contribution in [0.15, 0.2) is 18.2 Å². The Kier molecular flexibility index (Phi) is 7.68. The van der Waals surface area contributed by atoms with Crippen molar-refractivity contribution in [2.45, 2.75) is 97.0 Å². The van der Waals surface area contributed by atoms with Crippen LogP contribution in [0.5, 0.6) is 0 Å². The van der Waals surface area contributed by atoms with Crippen molar-refractivity contribution in [2.75, 3.05) is 6.61 Å². The molecule has 0 radical (unpaired) electrons. The van der Waals surface area contributed by atoms with Crippen LogP contribution in [0.3, 0.4) is 0 Å². The summed E-state index contributed by atoms with van der Waals surface area (Å²) < 4.78 is 11.6. The Morgan fingerprint density at radius 2 is 1.58 bits per heavy atom. The molecular weight excluding hydrogens is 343 g/mol. The highest BCUT2D eigenvalue weighted by atomic mass is 31.2. The third-order valence-electron chi connectivity index (χ3n) is 5.10. The summed E-state index contributed by atoms with van der Waals surface area (Å²) >= 11 is 0. The molecule has 0 amide bonds. The summed E-state index contributed by atoms with van der Waals surface area (Å²) in [6, 6.07) is 6.78. The Labute approximate surface area is 161 Å². The molecule has 1 aromatic rings. The summed E-state index contributed by atoms with van der Waals surface area (Å²) in [5.74, 6) is 0. The lowest BCUT2D eigenvalue weighted by atomic mass is 9.77. The molecule has 2 rings (SSSR count). The van der Waals surface area contributed by atoms with Gasteiger partial charge in [-0.1, -0.05) is 85.4 Å². The van der Waals surface area contributed by atoms with Crippen molar-refractivity contribution in [1.82, 2.24) is 0 Å². The Balaban J connectivity index is 2.38. The molecule has 1 heterocycles. The monoisotopic (exact) mass is 380 g/mol. The number of rotatable bonds is 1. The van der Waals surface area contributed by atoms with E-state index in [9.17, 15) is 4.89 Å². The van der Waals surface area contributed by atoms with Gasteiger partial charge in [-0.3, -0.25) is 0 Å². The van der Waals surface area contributed by atoms with E-state index in [0.29, 0.717) is 6.61 Å². The first-order chi connectivity index (χ1) is 12.1. The van der Waals surface area contributed by atoms with Gasteiger partial charge in [0.1, 0.15) is 0 Å². The predicted molar refractivity (Wildman–Crippen MR) is 110 cm³/mol. The van der Waals surface area contributed by atoms with Crippen molar-refractivity contribution >= 4 is 8.60 Å². The van der Waals surface area contributed by atoms with Crippen LogP contribution in [-0.4, -0.2) is 11.5 Å². The maximum atomic E-state index is 10.3. The minimum absolute atomic E-state index is 0.0191. The third-order valence-corrected chi connectivity index (χ3v) is 5.94. The zero-order valence-electron chi connectivity index (χ0n) is 17.5. The van der Waals surface area contributed by atoms with Gasteiger partial charge in [0.05, 0.1) is 12.7 Å². The second kappa shape index (κ2) is 9.15. The highest BCUT2D eigenvalue weighted by molar-refractivity contribution is 7.40. The fourth-order valence-electron chi connectivity index (χ4n) is 3.46. The summed E-state index contributed by atoms with van der Waals surface area (Å²) in [6.45, 7) is 14.1. The molecule has 1 saturated heterocycles. The van der Waals surface area contributed by atoms with Gasteiger partial charge in [0.2, 0.25) is 0 Å². The van der Waals surface area contributed by atoms with E-state index in [1.165, 1.54) is 36.0 Å². The standard InChI is InChI=1S/C22H37O3P/c1-21(2,3)17-13-14-18(19(16-17)22(4,5)6)20-12-10-8-7-9-11-15-24-26(23)25-20/h13-14,16,20,23H,7-12,15H2,1-6H3. The zero-order valence-corrected chi connectivity index (χ0v) is 18.4. The van der Waals surface area contributed by atoms with Crippen LogP contribution >= 0.6 is 8.60 Å². The Morgan fingerprint density at radius 1 is 0.923 bits per heavy atom. The van der Waals surface area contributed by atoms with Crippen LogP contribution in [-0.2, 0) is 19.9 Å². The average Bonchev–Trinajstić information content (AvgIpc) is 2.58. The normalized spacial score (nSPS) is 24.1. The van der Waals surface area contributed by atoms with E-state index in [0.717, 1.165) is 19.3 Å². The Bertz CT molecular complexity index is 572. The SMILES string of the molecule is CC(C)(C)c1ccc(C2CCCCCCCOP(O)O2)c(C(C)(C)C)c1. The van der Waals surface area contributed by atoms with Crippen molar-refractivity contribution in [3.63, 3.8) is 0 Å². The molecule has 0 saturated carbocycles. The van der Waals surface area contributed by atoms with Crippen molar-refractivity contribution < 1.29 is 13.9 Å². The number of hydrogen-bond acceptors (Lipinski definition) is 3. The molecule has 0 bridgehead atoms. The molecule has 4 heteroatoms. The largest absolute Gasteiger partial charge is 0.330 e. The van der Waals surface area contributed by atoms with Gasteiger partial charge in [-0.05, 0) is 40.4 Å². The van der Waals surface area contributed by atoms with Gasteiger partial charge in [0.15, 0.2) is 0 Å². The number of benzene rings is 1. The first-order valence-electron chi connectivity index (χ1n) is 10.0. The van der Waals surface area contributed by atoms with Crippen LogP contribution in [0.4, 0.5) is 0 Å². The van der Waals surface area contributed by atoms with Gasteiger partial charge in [-0.25, -0.2) is 0 Å². The maximum Gasteiger partial charge on any atom is 0.330 e. The molecule has 1 fully saturated rings. The molecular formula is C22H37O3P. The molecule has 1 aliphatic rings. The molecule has 0 aliphatic carbocycles. The molecule has 26 heavy (non-hydrogen) atoms. The van der Waals surface area contributed by atoms with Gasteiger partial charge in [0.25, 0.3) is 0 Å². The topological polar surface area (TPSA) is 38.7 Å². The molecule has 0 spiro atoms. The molecule has 0 aromatic heterocycles. The predicted octanol–water partition coefficient (Wildman–Crippen LogP) is 6.93. The fourth-order valence-corrected chi connectivity index (χ4v) is 4.24. The van der Waals surface area contributed by atoms with Crippen molar-refractivity contribution in [3.05, 3.63) is 34.9 Å². The molecule has 1 aromatic carbocycles. The molecule has 2 unspecified atom stereocenters. The average molecular weight is 381 g/mol. The molecule has 2 atom stereocenters. The van der Waals surface area contributed by atoms with Crippen LogP contribution in [0, 0.1) is 0 Å². The summed E-state index contributed by atoms with van der Waals surface area (Å²) in [7, 11) is -1.82. The number of hydrogen-bond donors (Lipinski definition) is 1. The van der Waals surface area contributed by atoms with Gasteiger partial charge in [-0.15, -0.1) is 0 Å². The van der Waals surface area contributed by atoms with E-state index in [2.05, 4.69) is 59.7 Å². The van der Waals surface area contributed by atoms with E-state index in [-0.39, 0.29) is 16.9 Å². The summed E-state index contributed by atoms with van der Waals surface area (Å²) in [6.07, 6.45) is 6.57. The second-order valence-corrected chi connectivity index (χ2v) is 10.5. The summed E-state index contributed by atoms with van der Waals surface area (Å²) in [4.78, 5) is 10.3. The molecule has 1 aliphatic heterocycles. The van der Waals surface area contributed by atoms with Crippen molar-refractivity contribution in [3.8, 4) is 0 Å². The van der Waals surface area contributed by atoms with Crippen molar-refractivity contribution in [1.29, 1.82) is 0 Å². The molecule has 3 nitrogen and oxygen atoms in total. The van der Waals surface area contributed by atoms with E-state index in [4.69, 9.17) is 9.05 Å². The summed E-state index contributed by atoms with van der Waals surface area (Å²) in [5, 5.41) is 0. The Hall–Kier alpha value is -0.470. The van der Waals surface area contributed by atoms with Crippen LogP contribution < -0.4 is 0 Å². The van der Waals surface area contributed by atoms with Crippen molar-refractivity contribution in [2.24, 2.45) is 0 Å². The van der Waals surface area contributed by atoms with Gasteiger partial charge in [0, 0.05) is 0 Å². The van der Waals surface area contributed by atoms with E-state index in [1.807, 2.05) is 0 Å². The molecule has 148 valence electrons. The molecule has 1 N–H and O–H groups in total. The summed E-state index contributed by atoms with van der Waals surface area (Å²) in [5.41, 5.74) is 3.99. The minimum atomic E-state index is -1.82. The highest BCUT2D eigenvalue weighted by Crippen LogP contribution is 2.45. The highest BCUT2D eigenvalue weighted by Gasteiger charge is 2.28. The second-order valence-electron chi connectivity index (χ2n) is 9.52. The zero-order chi connectivity index (χ0) is 19.4. The lowest BCUT2D eigenvalue weighted by Gasteiger charge is -2.31. The van der Waals surface area contributed by atoms with Gasteiger partial charge < -0.3 is 13.9 Å². The van der Waals surface area contributed by atoms with E-state index >= 15 is 0 Å². The maximum absolute atomic E-state index is 10.3. The quantitative estimate of drug-likeness (QED) is 0.537. The first kappa shape index (κ1) is 21.8. The Morgan fingerprint density at radius 3 is 2.23 bits per heavy atom.